The lowest BCUT2D eigenvalue weighted by molar-refractivity contribution is -0.137. The van der Waals surface area contributed by atoms with Gasteiger partial charge < -0.3 is 9.80 Å². The maximum absolute atomic E-state index is 12.7. The van der Waals surface area contributed by atoms with E-state index in [0.717, 1.165) is 12.3 Å². The van der Waals surface area contributed by atoms with Gasteiger partial charge in [0.05, 0.1) is 11.1 Å². The zero-order chi connectivity index (χ0) is 21.2. The van der Waals surface area contributed by atoms with E-state index in [1.807, 2.05) is 0 Å². The van der Waals surface area contributed by atoms with Gasteiger partial charge >= 0.3 is 11.7 Å². The molecule has 0 unspecified atom stereocenters. The summed E-state index contributed by atoms with van der Waals surface area (Å²) in [5.41, 5.74) is -5.58. The van der Waals surface area contributed by atoms with Gasteiger partial charge in [-0.2, -0.15) is 26.3 Å². The Morgan fingerprint density at radius 2 is 1.66 bits per heavy atom. The number of anilines is 1. The molecule has 0 atom stereocenters. The molecule has 1 amide bonds. The van der Waals surface area contributed by atoms with E-state index >= 15 is 0 Å². The molecule has 3 rings (SSSR count). The summed E-state index contributed by atoms with van der Waals surface area (Å²) in [6, 6.07) is 4.85. The lowest BCUT2D eigenvalue weighted by Crippen LogP contribution is -2.49. The first-order chi connectivity index (χ1) is 13.5. The SMILES string of the molecule is O=C(c1cccnc1SC(F)(F)F)N1CCN(c2ccc(C(F)(F)F)cn2)CC1. The zero-order valence-electron chi connectivity index (χ0n) is 14.7. The van der Waals surface area contributed by atoms with Crippen LogP contribution in [0, 0.1) is 0 Å². The first-order valence-corrected chi connectivity index (χ1v) is 9.14. The maximum atomic E-state index is 12.7. The van der Waals surface area contributed by atoms with Gasteiger partial charge in [-0.1, -0.05) is 0 Å². The Balaban J connectivity index is 1.66. The summed E-state index contributed by atoms with van der Waals surface area (Å²) in [6.45, 7) is 0.942. The number of carbonyl (C=O) groups is 1. The van der Waals surface area contributed by atoms with Gasteiger partial charge in [-0.3, -0.25) is 4.79 Å². The number of amides is 1. The third-order valence-electron chi connectivity index (χ3n) is 4.18. The third-order valence-corrected chi connectivity index (χ3v) is 4.93. The second-order valence-corrected chi connectivity index (χ2v) is 7.14. The highest BCUT2D eigenvalue weighted by Crippen LogP contribution is 2.37. The molecule has 0 spiro atoms. The molecule has 0 N–H and O–H groups in total. The van der Waals surface area contributed by atoms with Crippen LogP contribution >= 0.6 is 11.8 Å². The Labute approximate surface area is 165 Å². The Bertz CT molecular complexity index is 863. The van der Waals surface area contributed by atoms with Crippen LogP contribution in [0.15, 0.2) is 41.7 Å². The van der Waals surface area contributed by atoms with Crippen LogP contribution in [0.2, 0.25) is 0 Å². The highest BCUT2D eigenvalue weighted by atomic mass is 32.2. The van der Waals surface area contributed by atoms with Gasteiger partial charge in [0, 0.05) is 50.3 Å². The third kappa shape index (κ3) is 5.31. The van der Waals surface area contributed by atoms with Crippen molar-refractivity contribution in [1.82, 2.24) is 14.9 Å². The predicted molar refractivity (Wildman–Crippen MR) is 93.5 cm³/mol. The standard InChI is InChI=1S/C17H14F6N4OS/c18-16(19,20)11-3-4-13(25-10-11)26-6-8-27(9-7-26)15(28)12-2-1-5-24-14(12)29-17(21,22)23/h1-5,10H,6-9H2. The second-order valence-electron chi connectivity index (χ2n) is 6.09. The quantitative estimate of drug-likeness (QED) is 0.536. The van der Waals surface area contributed by atoms with E-state index in [9.17, 15) is 31.1 Å². The van der Waals surface area contributed by atoms with Crippen molar-refractivity contribution in [2.24, 2.45) is 0 Å². The first kappa shape index (κ1) is 21.2. The number of nitrogens with zero attached hydrogens (tertiary/aromatic N) is 4. The van der Waals surface area contributed by atoms with Gasteiger partial charge in [0.2, 0.25) is 0 Å². The average molecular weight is 436 g/mol. The number of piperazine rings is 1. The van der Waals surface area contributed by atoms with E-state index < -0.39 is 39.9 Å². The molecule has 5 nitrogen and oxygen atoms in total. The minimum Gasteiger partial charge on any atom is -0.353 e. The summed E-state index contributed by atoms with van der Waals surface area (Å²) in [7, 11) is 0. The van der Waals surface area contributed by atoms with Gasteiger partial charge in [0.15, 0.2) is 0 Å². The molecule has 0 aliphatic carbocycles. The number of pyridine rings is 2. The molecular weight excluding hydrogens is 422 g/mol. The molecule has 0 bridgehead atoms. The molecule has 1 fully saturated rings. The van der Waals surface area contributed by atoms with Crippen LogP contribution in [0.1, 0.15) is 15.9 Å². The lowest BCUT2D eigenvalue weighted by atomic mass is 10.2. The number of alkyl halides is 6. The van der Waals surface area contributed by atoms with Gasteiger partial charge in [0.1, 0.15) is 10.8 Å². The number of thioether (sulfide) groups is 1. The number of carbonyl (C=O) groups excluding carboxylic acids is 1. The van der Waals surface area contributed by atoms with Crippen molar-refractivity contribution in [2.75, 3.05) is 31.1 Å². The predicted octanol–water partition coefficient (Wildman–Crippen LogP) is 4.07. The average Bonchev–Trinajstić information content (AvgIpc) is 2.66. The fourth-order valence-electron chi connectivity index (χ4n) is 2.79. The summed E-state index contributed by atoms with van der Waals surface area (Å²) in [5.74, 6) is -0.246. The van der Waals surface area contributed by atoms with E-state index in [-0.39, 0.29) is 31.7 Å². The molecule has 0 radical (unpaired) electrons. The summed E-state index contributed by atoms with van der Waals surface area (Å²) >= 11 is -0.451. The topological polar surface area (TPSA) is 49.3 Å². The summed E-state index contributed by atoms with van der Waals surface area (Å²) < 4.78 is 75.9. The summed E-state index contributed by atoms with van der Waals surface area (Å²) in [4.78, 5) is 23.2. The van der Waals surface area contributed by atoms with E-state index in [1.54, 1.807) is 4.90 Å². The number of rotatable bonds is 3. The monoisotopic (exact) mass is 436 g/mol. The van der Waals surface area contributed by atoms with E-state index in [1.165, 1.54) is 29.3 Å². The van der Waals surface area contributed by atoms with E-state index in [4.69, 9.17) is 0 Å². The van der Waals surface area contributed by atoms with Crippen LogP contribution in [0.5, 0.6) is 0 Å². The van der Waals surface area contributed by atoms with Crippen LogP contribution in [-0.4, -0.2) is 52.5 Å². The molecule has 2 aromatic rings. The minimum atomic E-state index is -4.57. The van der Waals surface area contributed by atoms with Gasteiger partial charge in [0.25, 0.3) is 5.91 Å². The van der Waals surface area contributed by atoms with Crippen LogP contribution in [-0.2, 0) is 6.18 Å². The Kier molecular flexibility index (Phi) is 5.92. The zero-order valence-corrected chi connectivity index (χ0v) is 15.5. The maximum Gasteiger partial charge on any atom is 0.447 e. The van der Waals surface area contributed by atoms with Crippen molar-refractivity contribution in [3.8, 4) is 0 Å². The normalized spacial score (nSPS) is 15.5. The van der Waals surface area contributed by atoms with Crippen molar-refractivity contribution in [3.63, 3.8) is 0 Å². The summed E-state index contributed by atoms with van der Waals surface area (Å²) in [6.07, 6.45) is -2.56. The van der Waals surface area contributed by atoms with Crippen LogP contribution in [0.4, 0.5) is 32.2 Å². The lowest BCUT2D eigenvalue weighted by Gasteiger charge is -2.35. The minimum absolute atomic E-state index is 0.143. The smallest absolute Gasteiger partial charge is 0.353 e. The molecule has 0 aromatic carbocycles. The van der Waals surface area contributed by atoms with Gasteiger partial charge in [-0.05, 0) is 24.3 Å². The van der Waals surface area contributed by atoms with E-state index in [2.05, 4.69) is 9.97 Å². The molecule has 156 valence electrons. The number of aromatic nitrogens is 2. The molecule has 12 heteroatoms. The van der Waals surface area contributed by atoms with Crippen molar-refractivity contribution >= 4 is 23.5 Å². The van der Waals surface area contributed by atoms with Crippen LogP contribution in [0.3, 0.4) is 0 Å². The molecule has 1 aliphatic rings. The fraction of sp³-hybridized carbons (Fsp3) is 0.353. The van der Waals surface area contributed by atoms with Gasteiger partial charge in [-0.15, -0.1) is 0 Å². The number of hydrogen-bond donors (Lipinski definition) is 0. The van der Waals surface area contributed by atoms with Crippen LogP contribution < -0.4 is 4.90 Å². The first-order valence-electron chi connectivity index (χ1n) is 8.33. The molecule has 29 heavy (non-hydrogen) atoms. The molecule has 3 heterocycles. The van der Waals surface area contributed by atoms with Crippen molar-refractivity contribution in [2.45, 2.75) is 16.7 Å². The largest absolute Gasteiger partial charge is 0.447 e. The summed E-state index contributed by atoms with van der Waals surface area (Å²) in [5, 5.41) is -0.420. The van der Waals surface area contributed by atoms with Crippen LogP contribution in [0.25, 0.3) is 0 Å². The fourth-order valence-corrected chi connectivity index (χ4v) is 3.39. The molecule has 2 aromatic heterocycles. The number of halogens is 6. The number of hydrogen-bond acceptors (Lipinski definition) is 5. The van der Waals surface area contributed by atoms with Crippen molar-refractivity contribution in [3.05, 3.63) is 47.8 Å². The van der Waals surface area contributed by atoms with E-state index in [0.29, 0.717) is 5.82 Å². The molecule has 1 aliphatic heterocycles. The highest BCUT2D eigenvalue weighted by molar-refractivity contribution is 8.00. The Hall–Kier alpha value is -2.50. The molecule has 1 saturated heterocycles. The van der Waals surface area contributed by atoms with Crippen molar-refractivity contribution in [1.29, 1.82) is 0 Å². The van der Waals surface area contributed by atoms with Crippen molar-refractivity contribution < 1.29 is 31.1 Å². The highest BCUT2D eigenvalue weighted by Gasteiger charge is 2.34. The Morgan fingerprint density at radius 3 is 2.21 bits per heavy atom. The second kappa shape index (κ2) is 8.09. The Morgan fingerprint density at radius 1 is 0.966 bits per heavy atom. The molecule has 0 saturated carbocycles. The van der Waals surface area contributed by atoms with Gasteiger partial charge in [-0.25, -0.2) is 9.97 Å². The molecular formula is C17H14F6N4OS.